The van der Waals surface area contributed by atoms with Crippen molar-refractivity contribution in [2.24, 2.45) is 10.9 Å². The van der Waals surface area contributed by atoms with Crippen LogP contribution in [0.3, 0.4) is 0 Å². The number of amidine groups is 1. The molecule has 3 aromatic carbocycles. The second-order valence-corrected chi connectivity index (χ2v) is 11.3. The van der Waals surface area contributed by atoms with Crippen LogP contribution in [0.2, 0.25) is 0 Å². The average Bonchev–Trinajstić information content (AvgIpc) is 2.98. The number of likely N-dealkylation sites (tertiary alicyclic amines) is 1. The normalized spacial score (nSPS) is 19.0. The number of thioether (sulfide) groups is 1. The molecule has 3 heterocycles. The molecule has 3 aromatic rings. The van der Waals surface area contributed by atoms with Crippen molar-refractivity contribution >= 4 is 50.9 Å². The predicted molar refractivity (Wildman–Crippen MR) is 157 cm³/mol. The van der Waals surface area contributed by atoms with Crippen LogP contribution in [-0.4, -0.2) is 65.8 Å². The zero-order chi connectivity index (χ0) is 26.1. The van der Waals surface area contributed by atoms with Gasteiger partial charge in [0.15, 0.2) is 5.17 Å². The third-order valence-corrected chi connectivity index (χ3v) is 8.87. The van der Waals surface area contributed by atoms with Gasteiger partial charge in [0.1, 0.15) is 0 Å². The first kappa shape index (κ1) is 25.0. The lowest BCUT2D eigenvalue weighted by molar-refractivity contribution is 0.0566. The van der Waals surface area contributed by atoms with E-state index in [0.717, 1.165) is 66.3 Å². The Morgan fingerprint density at radius 1 is 0.842 bits per heavy atom. The maximum atomic E-state index is 13.7. The number of nitrogens with zero attached hydrogens (tertiary/aromatic N) is 4. The monoisotopic (exact) mass is 526 g/mol. The number of rotatable bonds is 4. The molecule has 6 rings (SSSR count). The van der Waals surface area contributed by atoms with Gasteiger partial charge in [-0.3, -0.25) is 14.5 Å². The van der Waals surface area contributed by atoms with Crippen LogP contribution in [-0.2, 0) is 0 Å². The molecule has 2 amide bonds. The lowest BCUT2D eigenvalue weighted by atomic mass is 9.90. The standard InChI is InChI=1S/C31H34N4O2S/c1-38-31(32-23-9-4-2-5-10-23)34-19-15-22(16-20-34)21-35-29(36)25-12-8-11-24-27(33-17-6-3-7-18-33)14-13-26(28(24)25)30(35)37/h2,4-5,8-14,22H,3,6-7,15-21H2,1H3. The highest BCUT2D eigenvalue weighted by Gasteiger charge is 2.36. The largest absolute Gasteiger partial charge is 0.371 e. The summed E-state index contributed by atoms with van der Waals surface area (Å²) in [7, 11) is 0. The van der Waals surface area contributed by atoms with E-state index >= 15 is 0 Å². The Bertz CT molecular complexity index is 1350. The van der Waals surface area contributed by atoms with E-state index in [9.17, 15) is 9.59 Å². The molecule has 3 aliphatic heterocycles. The van der Waals surface area contributed by atoms with Crippen LogP contribution in [0.25, 0.3) is 10.8 Å². The summed E-state index contributed by atoms with van der Waals surface area (Å²) in [5.41, 5.74) is 3.43. The zero-order valence-corrected chi connectivity index (χ0v) is 22.8. The molecule has 0 radical (unpaired) electrons. The van der Waals surface area contributed by atoms with E-state index in [-0.39, 0.29) is 17.7 Å². The molecule has 0 spiro atoms. The Hall–Kier alpha value is -3.32. The molecule has 0 saturated carbocycles. The summed E-state index contributed by atoms with van der Waals surface area (Å²) in [5.74, 6) is -0.0177. The fourth-order valence-corrected chi connectivity index (χ4v) is 6.77. The first-order valence-electron chi connectivity index (χ1n) is 13.7. The van der Waals surface area contributed by atoms with E-state index in [1.54, 1.807) is 11.8 Å². The number of carbonyl (C=O) groups is 2. The van der Waals surface area contributed by atoms with Crippen LogP contribution in [0.5, 0.6) is 0 Å². The Morgan fingerprint density at radius 3 is 2.26 bits per heavy atom. The fourth-order valence-electron chi connectivity index (χ4n) is 6.13. The average molecular weight is 527 g/mol. The number of amides is 2. The van der Waals surface area contributed by atoms with Crippen molar-refractivity contribution in [3.05, 3.63) is 71.8 Å². The highest BCUT2D eigenvalue weighted by atomic mass is 32.2. The number of hydrogen-bond donors (Lipinski definition) is 0. The van der Waals surface area contributed by atoms with Crippen molar-refractivity contribution < 1.29 is 9.59 Å². The summed E-state index contributed by atoms with van der Waals surface area (Å²) in [6.45, 7) is 4.27. The molecule has 196 valence electrons. The summed E-state index contributed by atoms with van der Waals surface area (Å²) < 4.78 is 0. The number of imide groups is 1. The van der Waals surface area contributed by atoms with Crippen LogP contribution in [0.1, 0.15) is 52.8 Å². The fraction of sp³-hybridized carbons (Fsp3) is 0.387. The van der Waals surface area contributed by atoms with E-state index in [4.69, 9.17) is 4.99 Å². The highest BCUT2D eigenvalue weighted by Crippen LogP contribution is 2.37. The second-order valence-electron chi connectivity index (χ2n) is 10.5. The number of benzene rings is 3. The molecular formula is C31H34N4O2S. The van der Waals surface area contributed by atoms with Gasteiger partial charge in [-0.2, -0.15) is 0 Å². The summed E-state index contributed by atoms with van der Waals surface area (Å²) in [4.78, 5) is 38.4. The van der Waals surface area contributed by atoms with Crippen molar-refractivity contribution in [1.29, 1.82) is 0 Å². The van der Waals surface area contributed by atoms with E-state index in [2.05, 4.69) is 28.2 Å². The number of aliphatic imine (C=N–C) groups is 1. The molecule has 0 N–H and O–H groups in total. The van der Waals surface area contributed by atoms with Crippen molar-refractivity contribution in [2.75, 3.05) is 43.9 Å². The summed E-state index contributed by atoms with van der Waals surface area (Å²) in [5, 5.41) is 2.88. The smallest absolute Gasteiger partial charge is 0.261 e. The summed E-state index contributed by atoms with van der Waals surface area (Å²) in [6, 6.07) is 20.0. The maximum Gasteiger partial charge on any atom is 0.261 e. The van der Waals surface area contributed by atoms with E-state index in [1.807, 2.05) is 48.5 Å². The number of carbonyl (C=O) groups excluding carboxylic acids is 2. The molecular weight excluding hydrogens is 492 g/mol. The van der Waals surface area contributed by atoms with Gasteiger partial charge in [0.2, 0.25) is 0 Å². The maximum absolute atomic E-state index is 13.7. The van der Waals surface area contributed by atoms with Crippen LogP contribution in [0, 0.1) is 5.92 Å². The quantitative estimate of drug-likeness (QED) is 0.231. The molecule has 0 unspecified atom stereocenters. The number of piperidine rings is 2. The van der Waals surface area contributed by atoms with E-state index in [1.165, 1.54) is 24.2 Å². The van der Waals surface area contributed by atoms with Crippen molar-refractivity contribution in [3.8, 4) is 0 Å². The van der Waals surface area contributed by atoms with E-state index in [0.29, 0.717) is 17.7 Å². The lowest BCUT2D eigenvalue weighted by Gasteiger charge is -2.37. The SMILES string of the molecule is CSC(=Nc1ccccc1)N1CCC(CN2C(=O)c3cccc4c(N5CCCCC5)ccc(c34)C2=O)CC1. The third kappa shape index (κ3) is 4.68. The molecule has 6 nitrogen and oxygen atoms in total. The van der Waals surface area contributed by atoms with Gasteiger partial charge in [-0.15, -0.1) is 0 Å². The Morgan fingerprint density at radius 2 is 1.55 bits per heavy atom. The minimum Gasteiger partial charge on any atom is -0.371 e. The van der Waals surface area contributed by atoms with Gasteiger partial charge in [0, 0.05) is 60.3 Å². The van der Waals surface area contributed by atoms with Gasteiger partial charge in [-0.1, -0.05) is 42.1 Å². The van der Waals surface area contributed by atoms with Gasteiger partial charge < -0.3 is 9.80 Å². The molecule has 2 saturated heterocycles. The molecule has 38 heavy (non-hydrogen) atoms. The number of hydrogen-bond acceptors (Lipinski definition) is 5. The number of anilines is 1. The number of para-hydroxylation sites is 1. The molecule has 0 aromatic heterocycles. The van der Waals surface area contributed by atoms with E-state index < -0.39 is 0 Å². The van der Waals surface area contributed by atoms with Gasteiger partial charge >= 0.3 is 0 Å². The van der Waals surface area contributed by atoms with Crippen LogP contribution >= 0.6 is 11.8 Å². The van der Waals surface area contributed by atoms with Crippen molar-refractivity contribution in [1.82, 2.24) is 9.80 Å². The molecule has 7 heteroatoms. The molecule has 2 fully saturated rings. The molecule has 3 aliphatic rings. The van der Waals surface area contributed by atoms with Crippen LogP contribution < -0.4 is 4.90 Å². The van der Waals surface area contributed by atoms with Crippen LogP contribution in [0.15, 0.2) is 65.7 Å². The minimum absolute atomic E-state index is 0.151. The van der Waals surface area contributed by atoms with Gasteiger partial charge in [-0.05, 0) is 74.6 Å². The summed E-state index contributed by atoms with van der Waals surface area (Å²) >= 11 is 1.66. The predicted octanol–water partition coefficient (Wildman–Crippen LogP) is 6.19. The van der Waals surface area contributed by atoms with Crippen molar-refractivity contribution in [3.63, 3.8) is 0 Å². The van der Waals surface area contributed by atoms with Gasteiger partial charge in [-0.25, -0.2) is 4.99 Å². The zero-order valence-electron chi connectivity index (χ0n) is 21.9. The Kier molecular flexibility index (Phi) is 7.11. The Balaban J connectivity index is 1.18. The highest BCUT2D eigenvalue weighted by molar-refractivity contribution is 8.13. The first-order valence-corrected chi connectivity index (χ1v) is 15.0. The minimum atomic E-state index is -0.151. The third-order valence-electron chi connectivity index (χ3n) is 8.15. The van der Waals surface area contributed by atoms with Crippen molar-refractivity contribution in [2.45, 2.75) is 32.1 Å². The molecule has 0 aliphatic carbocycles. The molecule has 0 bridgehead atoms. The van der Waals surface area contributed by atoms with Gasteiger partial charge in [0.05, 0.1) is 5.69 Å². The van der Waals surface area contributed by atoms with Crippen LogP contribution in [0.4, 0.5) is 11.4 Å². The second kappa shape index (κ2) is 10.8. The first-order chi connectivity index (χ1) is 18.6. The Labute approximate surface area is 228 Å². The molecule has 0 atom stereocenters. The van der Waals surface area contributed by atoms with Gasteiger partial charge in [0.25, 0.3) is 11.8 Å². The lowest BCUT2D eigenvalue weighted by Crippen LogP contribution is -2.46. The summed E-state index contributed by atoms with van der Waals surface area (Å²) in [6.07, 6.45) is 7.55. The topological polar surface area (TPSA) is 56.2 Å².